The average Bonchev–Trinajstić information content (AvgIpc) is 2.73. The van der Waals surface area contributed by atoms with Crippen LogP contribution in [0.4, 0.5) is 5.69 Å². The molecule has 0 saturated carbocycles. The first kappa shape index (κ1) is 20.7. The number of hydrogen-bond donors (Lipinski definition) is 3. The summed E-state index contributed by atoms with van der Waals surface area (Å²) in [4.78, 5) is 39.0. The van der Waals surface area contributed by atoms with E-state index < -0.39 is 28.6 Å². The molecule has 0 fully saturated rings. The van der Waals surface area contributed by atoms with Gasteiger partial charge in [0.25, 0.3) is 11.5 Å². The van der Waals surface area contributed by atoms with Crippen LogP contribution in [0.2, 0.25) is 0 Å². The summed E-state index contributed by atoms with van der Waals surface area (Å²) in [7, 11) is 3.04. The van der Waals surface area contributed by atoms with Gasteiger partial charge in [0, 0.05) is 12.2 Å². The van der Waals surface area contributed by atoms with Crippen LogP contribution in [0.1, 0.15) is 15.9 Å². The molecule has 0 unspecified atom stereocenters. The van der Waals surface area contributed by atoms with Crippen LogP contribution in [-0.4, -0.2) is 34.8 Å². The zero-order valence-corrected chi connectivity index (χ0v) is 16.5. The Kier molecular flexibility index (Phi) is 6.21. The number of carbonyl (C=O) groups excluding carboxylic acids is 1. The Morgan fingerprint density at radius 2 is 1.77 bits per heavy atom. The summed E-state index contributed by atoms with van der Waals surface area (Å²) in [5.41, 5.74) is -1.06. The van der Waals surface area contributed by atoms with Gasteiger partial charge in [-0.05, 0) is 36.2 Å². The molecule has 0 bridgehead atoms. The molecule has 9 heteroatoms. The van der Waals surface area contributed by atoms with Crippen molar-refractivity contribution in [3.63, 3.8) is 0 Å². The number of H-pyrrole nitrogens is 1. The lowest BCUT2D eigenvalue weighted by molar-refractivity contribution is 0.102. The number of methoxy groups -OCH3 is 2. The number of rotatable bonds is 7. The molecule has 0 saturated heterocycles. The Hall–Kier alpha value is -4.01. The Bertz CT molecular complexity index is 1170. The second-order valence-corrected chi connectivity index (χ2v) is 6.37. The Balaban J connectivity index is 1.87. The van der Waals surface area contributed by atoms with Gasteiger partial charge in [0.2, 0.25) is 5.88 Å². The molecule has 1 amide bonds. The van der Waals surface area contributed by atoms with Crippen LogP contribution in [0.5, 0.6) is 17.4 Å². The molecule has 0 atom stereocenters. The lowest BCUT2D eigenvalue weighted by Gasteiger charge is -2.13. The predicted molar refractivity (Wildman–Crippen MR) is 111 cm³/mol. The molecular weight excluding hydrogens is 390 g/mol. The smallest absolute Gasteiger partial charge is 0.331 e. The Morgan fingerprint density at radius 3 is 2.43 bits per heavy atom. The molecule has 3 N–H and O–H groups in total. The monoisotopic (exact) mass is 411 g/mol. The molecule has 3 rings (SSSR count). The maximum atomic E-state index is 12.5. The number of nitrogens with zero attached hydrogens (tertiary/aromatic N) is 1. The first-order chi connectivity index (χ1) is 14.4. The molecule has 2 aromatic carbocycles. The summed E-state index contributed by atoms with van der Waals surface area (Å²) in [5, 5.41) is 13.0. The summed E-state index contributed by atoms with van der Waals surface area (Å²) < 4.78 is 11.4. The van der Waals surface area contributed by atoms with E-state index >= 15 is 0 Å². The normalized spacial score (nSPS) is 10.5. The van der Waals surface area contributed by atoms with Gasteiger partial charge in [-0.2, -0.15) is 0 Å². The molecule has 30 heavy (non-hydrogen) atoms. The molecule has 156 valence electrons. The molecule has 0 aliphatic rings. The first-order valence-corrected chi connectivity index (χ1v) is 9.08. The molecule has 1 heterocycles. The number of para-hydroxylation sites is 1. The van der Waals surface area contributed by atoms with Gasteiger partial charge in [-0.15, -0.1) is 0 Å². The van der Waals surface area contributed by atoms with E-state index in [-0.39, 0.29) is 6.54 Å². The summed E-state index contributed by atoms with van der Waals surface area (Å²) in [6, 6.07) is 13.7. The van der Waals surface area contributed by atoms with Gasteiger partial charge in [-0.25, -0.2) is 4.79 Å². The third kappa shape index (κ3) is 4.35. The molecule has 0 radical (unpaired) electrons. The summed E-state index contributed by atoms with van der Waals surface area (Å²) >= 11 is 0. The van der Waals surface area contributed by atoms with E-state index in [0.29, 0.717) is 23.6 Å². The second-order valence-electron chi connectivity index (χ2n) is 6.37. The van der Waals surface area contributed by atoms with Gasteiger partial charge in [0.15, 0.2) is 17.1 Å². The number of carbonyl (C=O) groups is 1. The number of aryl methyl sites for hydroxylation is 1. The van der Waals surface area contributed by atoms with Crippen LogP contribution < -0.4 is 26.0 Å². The fourth-order valence-corrected chi connectivity index (χ4v) is 2.96. The SMILES string of the molecule is COc1ccc(CCn2c(O)c(C(=O)Nc3ccccc3)c(=O)[nH]c2=O)cc1OC. The van der Waals surface area contributed by atoms with Crippen LogP contribution in [0, 0.1) is 0 Å². The minimum absolute atomic E-state index is 0.0303. The van der Waals surface area contributed by atoms with E-state index in [4.69, 9.17) is 9.47 Å². The maximum Gasteiger partial charge on any atom is 0.331 e. The van der Waals surface area contributed by atoms with Crippen LogP contribution in [-0.2, 0) is 13.0 Å². The van der Waals surface area contributed by atoms with Gasteiger partial charge in [-0.3, -0.25) is 19.1 Å². The van der Waals surface area contributed by atoms with Crippen molar-refractivity contribution in [2.45, 2.75) is 13.0 Å². The number of aromatic nitrogens is 2. The molecule has 0 aliphatic carbocycles. The molecule has 0 aliphatic heterocycles. The maximum absolute atomic E-state index is 12.5. The van der Waals surface area contributed by atoms with Crippen molar-refractivity contribution < 1.29 is 19.4 Å². The molecule has 0 spiro atoms. The number of nitrogens with one attached hydrogen (secondary N) is 2. The Labute approximate surface area is 171 Å². The topological polar surface area (TPSA) is 123 Å². The second kappa shape index (κ2) is 8.99. The number of hydrogen-bond acceptors (Lipinski definition) is 6. The highest BCUT2D eigenvalue weighted by Crippen LogP contribution is 2.28. The van der Waals surface area contributed by atoms with Crippen molar-refractivity contribution in [2.24, 2.45) is 0 Å². The van der Waals surface area contributed by atoms with Crippen molar-refractivity contribution >= 4 is 11.6 Å². The summed E-state index contributed by atoms with van der Waals surface area (Å²) in [5.74, 6) is -0.432. The van der Waals surface area contributed by atoms with Gasteiger partial charge in [0.05, 0.1) is 14.2 Å². The highest BCUT2D eigenvalue weighted by atomic mass is 16.5. The summed E-state index contributed by atoms with van der Waals surface area (Å²) in [6.45, 7) is 0.0303. The number of anilines is 1. The van der Waals surface area contributed by atoms with E-state index in [9.17, 15) is 19.5 Å². The largest absolute Gasteiger partial charge is 0.494 e. The predicted octanol–water partition coefficient (Wildman–Crippen LogP) is 1.75. The Morgan fingerprint density at radius 1 is 1.07 bits per heavy atom. The lowest BCUT2D eigenvalue weighted by atomic mass is 10.1. The third-order valence-electron chi connectivity index (χ3n) is 4.50. The summed E-state index contributed by atoms with van der Waals surface area (Å²) in [6.07, 6.45) is 0.333. The number of aromatic amines is 1. The van der Waals surface area contributed by atoms with Gasteiger partial charge >= 0.3 is 5.69 Å². The van der Waals surface area contributed by atoms with Gasteiger partial charge in [-0.1, -0.05) is 24.3 Å². The molecule has 9 nitrogen and oxygen atoms in total. The zero-order valence-electron chi connectivity index (χ0n) is 16.5. The highest BCUT2D eigenvalue weighted by molar-refractivity contribution is 6.05. The van der Waals surface area contributed by atoms with Gasteiger partial charge in [0.1, 0.15) is 0 Å². The molecule has 1 aromatic heterocycles. The minimum Gasteiger partial charge on any atom is -0.494 e. The van der Waals surface area contributed by atoms with Crippen molar-refractivity contribution in [3.8, 4) is 17.4 Å². The third-order valence-corrected chi connectivity index (χ3v) is 4.50. The van der Waals surface area contributed by atoms with Crippen molar-refractivity contribution in [3.05, 3.63) is 80.5 Å². The average molecular weight is 411 g/mol. The van der Waals surface area contributed by atoms with E-state index in [2.05, 4.69) is 10.3 Å². The quantitative estimate of drug-likeness (QED) is 0.544. The van der Waals surface area contributed by atoms with Crippen LogP contribution in [0.15, 0.2) is 58.1 Å². The van der Waals surface area contributed by atoms with Gasteiger partial charge < -0.3 is 19.9 Å². The van der Waals surface area contributed by atoms with E-state index in [1.807, 2.05) is 0 Å². The lowest BCUT2D eigenvalue weighted by Crippen LogP contribution is -2.35. The molecule has 3 aromatic rings. The standard InChI is InChI=1S/C21H21N3O6/c1-29-15-9-8-13(12-16(15)30-2)10-11-24-20(27)17(19(26)23-21(24)28)18(25)22-14-6-4-3-5-7-14/h3-9,12,27H,10-11H2,1-2H3,(H,22,25)(H,23,26,28). The first-order valence-electron chi connectivity index (χ1n) is 9.08. The van der Waals surface area contributed by atoms with E-state index in [0.717, 1.165) is 10.1 Å². The number of ether oxygens (including phenoxy) is 2. The minimum atomic E-state index is -0.965. The van der Waals surface area contributed by atoms with E-state index in [1.165, 1.54) is 14.2 Å². The fraction of sp³-hybridized carbons (Fsp3) is 0.190. The number of aromatic hydroxyl groups is 1. The highest BCUT2D eigenvalue weighted by Gasteiger charge is 2.21. The number of benzene rings is 2. The van der Waals surface area contributed by atoms with Crippen molar-refractivity contribution in [1.82, 2.24) is 9.55 Å². The van der Waals surface area contributed by atoms with Crippen molar-refractivity contribution in [2.75, 3.05) is 19.5 Å². The number of amides is 1. The van der Waals surface area contributed by atoms with Crippen LogP contribution in [0.3, 0.4) is 0 Å². The van der Waals surface area contributed by atoms with E-state index in [1.54, 1.807) is 48.5 Å². The molecular formula is C21H21N3O6. The zero-order chi connectivity index (χ0) is 21.7. The van der Waals surface area contributed by atoms with Crippen LogP contribution >= 0.6 is 0 Å². The van der Waals surface area contributed by atoms with Crippen molar-refractivity contribution in [1.29, 1.82) is 0 Å². The fourth-order valence-electron chi connectivity index (χ4n) is 2.96. The van der Waals surface area contributed by atoms with Crippen LogP contribution in [0.25, 0.3) is 0 Å².